The lowest BCUT2D eigenvalue weighted by molar-refractivity contribution is 0.142. The van der Waals surface area contributed by atoms with Crippen LogP contribution in [-0.2, 0) is 13.5 Å². The van der Waals surface area contributed by atoms with E-state index in [4.69, 9.17) is 0 Å². The van der Waals surface area contributed by atoms with Crippen molar-refractivity contribution in [3.63, 3.8) is 0 Å². The van der Waals surface area contributed by atoms with E-state index in [1.807, 2.05) is 0 Å². The second-order valence-electron chi connectivity index (χ2n) is 6.83. The summed E-state index contributed by atoms with van der Waals surface area (Å²) in [4.78, 5) is 0. The van der Waals surface area contributed by atoms with Crippen LogP contribution in [0.15, 0.2) is 6.07 Å². The minimum Gasteiger partial charge on any atom is -0.313 e. The highest BCUT2D eigenvalue weighted by Gasteiger charge is 2.35. The summed E-state index contributed by atoms with van der Waals surface area (Å²) in [5.74, 6) is 0. The van der Waals surface area contributed by atoms with Gasteiger partial charge in [-0.05, 0) is 44.2 Å². The summed E-state index contributed by atoms with van der Waals surface area (Å²) in [6.45, 7) is 7.95. The van der Waals surface area contributed by atoms with Crippen LogP contribution < -0.4 is 5.32 Å². The van der Waals surface area contributed by atoms with Crippen LogP contribution in [0, 0.1) is 12.3 Å². The van der Waals surface area contributed by atoms with Gasteiger partial charge in [0.15, 0.2) is 0 Å². The average molecular weight is 277 g/mol. The molecule has 114 valence electrons. The highest BCUT2D eigenvalue weighted by molar-refractivity contribution is 5.11. The van der Waals surface area contributed by atoms with Crippen molar-refractivity contribution in [3.05, 3.63) is 17.5 Å². The molecule has 1 heterocycles. The summed E-state index contributed by atoms with van der Waals surface area (Å²) >= 11 is 0. The third-order valence-corrected chi connectivity index (χ3v) is 4.99. The van der Waals surface area contributed by atoms with Crippen molar-refractivity contribution in [2.75, 3.05) is 6.54 Å². The second-order valence-corrected chi connectivity index (χ2v) is 6.83. The summed E-state index contributed by atoms with van der Waals surface area (Å²) in [5.41, 5.74) is 2.94. The largest absolute Gasteiger partial charge is 0.313 e. The fraction of sp³-hybridized carbons (Fsp3) is 0.824. The molecule has 0 bridgehead atoms. The molecule has 0 aromatic carbocycles. The van der Waals surface area contributed by atoms with Gasteiger partial charge >= 0.3 is 0 Å². The molecular formula is C17H31N3. The molecule has 20 heavy (non-hydrogen) atoms. The van der Waals surface area contributed by atoms with E-state index in [0.29, 0.717) is 11.5 Å². The van der Waals surface area contributed by atoms with Crippen molar-refractivity contribution in [2.45, 2.75) is 71.8 Å². The monoisotopic (exact) mass is 277 g/mol. The third-order valence-electron chi connectivity index (χ3n) is 4.99. The molecule has 1 aliphatic rings. The lowest BCUT2D eigenvalue weighted by atomic mass is 9.69. The minimum absolute atomic E-state index is 0.450. The maximum atomic E-state index is 4.50. The van der Waals surface area contributed by atoms with Crippen LogP contribution in [0.1, 0.15) is 63.8 Å². The molecule has 3 heteroatoms. The quantitative estimate of drug-likeness (QED) is 0.861. The Labute approximate surface area is 124 Å². The summed E-state index contributed by atoms with van der Waals surface area (Å²) in [5, 5.41) is 8.32. The van der Waals surface area contributed by atoms with Gasteiger partial charge in [-0.1, -0.05) is 33.1 Å². The van der Waals surface area contributed by atoms with E-state index in [9.17, 15) is 0 Å². The summed E-state index contributed by atoms with van der Waals surface area (Å²) in [6.07, 6.45) is 9.25. The van der Waals surface area contributed by atoms with Crippen LogP contribution in [0.25, 0.3) is 0 Å². The van der Waals surface area contributed by atoms with E-state index < -0.39 is 0 Å². The Morgan fingerprint density at radius 1 is 1.35 bits per heavy atom. The molecule has 1 aromatic rings. The number of hydrogen-bond acceptors (Lipinski definition) is 2. The maximum Gasteiger partial charge on any atom is 0.0596 e. The predicted octanol–water partition coefficient (Wildman–Crippen LogP) is 3.61. The first-order valence-corrected chi connectivity index (χ1v) is 8.28. The molecule has 1 unspecified atom stereocenters. The molecule has 3 nitrogen and oxygen atoms in total. The molecule has 0 radical (unpaired) electrons. The van der Waals surface area contributed by atoms with Gasteiger partial charge in [-0.3, -0.25) is 4.68 Å². The zero-order valence-corrected chi connectivity index (χ0v) is 13.7. The zero-order chi connectivity index (χ0) is 14.6. The van der Waals surface area contributed by atoms with Gasteiger partial charge in [0.05, 0.1) is 5.69 Å². The minimum atomic E-state index is 0.450. The number of aromatic nitrogens is 2. The second kappa shape index (κ2) is 6.75. The van der Waals surface area contributed by atoms with Crippen LogP contribution in [0.5, 0.6) is 0 Å². The van der Waals surface area contributed by atoms with Crippen LogP contribution in [0.3, 0.4) is 0 Å². The molecule has 1 fully saturated rings. The number of rotatable bonds is 6. The first-order valence-electron chi connectivity index (χ1n) is 8.28. The van der Waals surface area contributed by atoms with E-state index in [1.165, 1.54) is 44.2 Å². The molecular weight excluding hydrogens is 246 g/mol. The van der Waals surface area contributed by atoms with Crippen molar-refractivity contribution in [3.8, 4) is 0 Å². The van der Waals surface area contributed by atoms with Crippen LogP contribution in [0.2, 0.25) is 0 Å². The number of nitrogens with zero attached hydrogens (tertiary/aromatic N) is 2. The van der Waals surface area contributed by atoms with E-state index in [2.05, 4.69) is 49.0 Å². The molecule has 0 saturated heterocycles. The van der Waals surface area contributed by atoms with Crippen molar-refractivity contribution in [1.29, 1.82) is 0 Å². The lowest BCUT2D eigenvalue weighted by Gasteiger charge is -2.41. The van der Waals surface area contributed by atoms with Crippen molar-refractivity contribution in [1.82, 2.24) is 15.1 Å². The Hall–Kier alpha value is -0.830. The standard InChI is InChI=1S/C17H31N3/c1-5-11-18-16(17(3)9-7-6-8-10-17)13-15-12-14(2)19-20(15)4/h12,16,18H,5-11,13H2,1-4H3. The van der Waals surface area contributed by atoms with Gasteiger partial charge in [-0.15, -0.1) is 0 Å². The number of aryl methyl sites for hydroxylation is 2. The zero-order valence-electron chi connectivity index (χ0n) is 13.7. The van der Waals surface area contributed by atoms with Gasteiger partial charge < -0.3 is 5.32 Å². The van der Waals surface area contributed by atoms with Gasteiger partial charge in [-0.25, -0.2) is 0 Å². The van der Waals surface area contributed by atoms with Crippen LogP contribution in [0.4, 0.5) is 0 Å². The third kappa shape index (κ3) is 3.63. The molecule has 2 rings (SSSR count). The van der Waals surface area contributed by atoms with Crippen molar-refractivity contribution >= 4 is 0 Å². The SMILES string of the molecule is CCCNC(Cc1cc(C)nn1C)C1(C)CCCCC1. The highest BCUT2D eigenvalue weighted by Crippen LogP contribution is 2.39. The average Bonchev–Trinajstić information content (AvgIpc) is 2.73. The van der Waals surface area contributed by atoms with Gasteiger partial charge in [0.2, 0.25) is 0 Å². The van der Waals surface area contributed by atoms with E-state index in [0.717, 1.165) is 18.7 Å². The fourth-order valence-corrected chi connectivity index (χ4v) is 3.66. The summed E-state index contributed by atoms with van der Waals surface area (Å²) in [6, 6.07) is 2.82. The van der Waals surface area contributed by atoms with Crippen LogP contribution in [-0.4, -0.2) is 22.4 Å². The normalized spacial score (nSPS) is 20.0. The van der Waals surface area contributed by atoms with E-state index in [1.54, 1.807) is 0 Å². The molecule has 0 amide bonds. The molecule has 0 aliphatic heterocycles. The van der Waals surface area contributed by atoms with Gasteiger partial charge in [0.25, 0.3) is 0 Å². The predicted molar refractivity (Wildman–Crippen MR) is 84.9 cm³/mol. The van der Waals surface area contributed by atoms with E-state index in [-0.39, 0.29) is 0 Å². The smallest absolute Gasteiger partial charge is 0.0596 e. The van der Waals surface area contributed by atoms with E-state index >= 15 is 0 Å². The number of hydrogen-bond donors (Lipinski definition) is 1. The summed E-state index contributed by atoms with van der Waals surface area (Å²) in [7, 11) is 2.07. The first kappa shape index (κ1) is 15.6. The molecule has 1 atom stereocenters. The van der Waals surface area contributed by atoms with Gasteiger partial charge in [-0.2, -0.15) is 5.10 Å². The van der Waals surface area contributed by atoms with Crippen molar-refractivity contribution < 1.29 is 0 Å². The van der Waals surface area contributed by atoms with Crippen LogP contribution >= 0.6 is 0 Å². The Balaban J connectivity index is 2.12. The fourth-order valence-electron chi connectivity index (χ4n) is 3.66. The van der Waals surface area contributed by atoms with Crippen molar-refractivity contribution in [2.24, 2.45) is 12.5 Å². The highest BCUT2D eigenvalue weighted by atomic mass is 15.3. The number of nitrogens with one attached hydrogen (secondary N) is 1. The van der Waals surface area contributed by atoms with Gasteiger partial charge in [0, 0.05) is 25.2 Å². The molecule has 1 aliphatic carbocycles. The lowest BCUT2D eigenvalue weighted by Crippen LogP contribution is -2.46. The molecule has 1 aromatic heterocycles. The summed E-state index contributed by atoms with van der Waals surface area (Å²) < 4.78 is 2.06. The van der Waals surface area contributed by atoms with Gasteiger partial charge in [0.1, 0.15) is 0 Å². The Kier molecular flexibility index (Phi) is 5.25. The molecule has 1 saturated carbocycles. The molecule has 1 N–H and O–H groups in total. The Bertz CT molecular complexity index is 416. The Morgan fingerprint density at radius 2 is 2.05 bits per heavy atom. The molecule has 0 spiro atoms. The topological polar surface area (TPSA) is 29.9 Å². The maximum absolute atomic E-state index is 4.50. The first-order chi connectivity index (χ1) is 9.55. The Morgan fingerprint density at radius 3 is 2.60 bits per heavy atom.